The molecule has 2 unspecified atom stereocenters. The molecule has 98 valence electrons. The molecule has 0 spiro atoms. The average Bonchev–Trinajstić information content (AvgIpc) is 2.21. The summed E-state index contributed by atoms with van der Waals surface area (Å²) in [6, 6.07) is 0. The zero-order chi connectivity index (χ0) is 12.6. The summed E-state index contributed by atoms with van der Waals surface area (Å²) in [4.78, 5) is 0. The number of rotatable bonds is 9. The number of ether oxygens (including phenoxy) is 1. The Bertz CT molecular complexity index is 172. The minimum absolute atomic E-state index is 0.350. The standard InChI is InChI=1S/C12H27NO3/c1-5-6-7-16-9-11(15)8-13-12(3,4)10(2)14/h10-11,13-15H,5-9H2,1-4H3. The fourth-order valence-corrected chi connectivity index (χ4v) is 1.05. The first-order valence-electron chi connectivity index (χ1n) is 6.09. The molecule has 0 aliphatic carbocycles. The van der Waals surface area contributed by atoms with Gasteiger partial charge in [0, 0.05) is 18.7 Å². The zero-order valence-corrected chi connectivity index (χ0v) is 11.0. The van der Waals surface area contributed by atoms with Gasteiger partial charge in [0.2, 0.25) is 0 Å². The van der Waals surface area contributed by atoms with Crippen LogP contribution in [0, 0.1) is 0 Å². The van der Waals surface area contributed by atoms with Gasteiger partial charge in [-0.1, -0.05) is 13.3 Å². The van der Waals surface area contributed by atoms with Crippen molar-refractivity contribution >= 4 is 0 Å². The summed E-state index contributed by atoms with van der Waals surface area (Å²) in [5.74, 6) is 0. The van der Waals surface area contributed by atoms with Crippen molar-refractivity contribution in [1.82, 2.24) is 5.32 Å². The van der Waals surface area contributed by atoms with Crippen molar-refractivity contribution in [3.05, 3.63) is 0 Å². The first-order valence-corrected chi connectivity index (χ1v) is 6.09. The normalized spacial score (nSPS) is 16.1. The molecule has 2 atom stereocenters. The van der Waals surface area contributed by atoms with Crippen LogP contribution in [0.1, 0.15) is 40.5 Å². The molecule has 0 bridgehead atoms. The second-order valence-corrected chi connectivity index (χ2v) is 4.86. The minimum Gasteiger partial charge on any atom is -0.392 e. The number of β-amino-alcohol motifs (C(OH)–C–C–N with tert-alkyl or cyclic N) is 1. The van der Waals surface area contributed by atoms with E-state index in [2.05, 4.69) is 12.2 Å². The highest BCUT2D eigenvalue weighted by Crippen LogP contribution is 2.07. The average molecular weight is 233 g/mol. The van der Waals surface area contributed by atoms with E-state index in [1.807, 2.05) is 13.8 Å². The Hall–Kier alpha value is -0.160. The molecule has 0 aromatic carbocycles. The fraction of sp³-hybridized carbons (Fsp3) is 1.00. The van der Waals surface area contributed by atoms with Crippen molar-refractivity contribution in [2.75, 3.05) is 19.8 Å². The molecule has 0 rings (SSSR count). The van der Waals surface area contributed by atoms with Crippen LogP contribution in [0.4, 0.5) is 0 Å². The number of unbranched alkanes of at least 4 members (excludes halogenated alkanes) is 1. The first kappa shape index (κ1) is 15.8. The van der Waals surface area contributed by atoms with Crippen molar-refractivity contribution in [1.29, 1.82) is 0 Å². The second-order valence-electron chi connectivity index (χ2n) is 4.86. The van der Waals surface area contributed by atoms with Gasteiger partial charge in [-0.2, -0.15) is 0 Å². The topological polar surface area (TPSA) is 61.7 Å². The van der Waals surface area contributed by atoms with E-state index in [1.54, 1.807) is 6.92 Å². The van der Waals surface area contributed by atoms with Crippen LogP contribution in [-0.4, -0.2) is 47.7 Å². The maximum atomic E-state index is 9.62. The smallest absolute Gasteiger partial charge is 0.0897 e. The molecule has 0 amide bonds. The molecule has 0 aromatic heterocycles. The lowest BCUT2D eigenvalue weighted by atomic mass is 9.99. The van der Waals surface area contributed by atoms with Gasteiger partial charge in [0.25, 0.3) is 0 Å². The molecule has 16 heavy (non-hydrogen) atoms. The van der Waals surface area contributed by atoms with Crippen molar-refractivity contribution in [2.24, 2.45) is 0 Å². The maximum Gasteiger partial charge on any atom is 0.0897 e. The summed E-state index contributed by atoms with van der Waals surface area (Å²) >= 11 is 0. The number of nitrogens with one attached hydrogen (secondary N) is 1. The van der Waals surface area contributed by atoms with E-state index in [1.165, 1.54) is 0 Å². The lowest BCUT2D eigenvalue weighted by Crippen LogP contribution is -2.51. The molecule has 4 nitrogen and oxygen atoms in total. The van der Waals surface area contributed by atoms with E-state index in [4.69, 9.17) is 4.74 Å². The van der Waals surface area contributed by atoms with Gasteiger partial charge >= 0.3 is 0 Å². The van der Waals surface area contributed by atoms with Crippen molar-refractivity contribution in [2.45, 2.75) is 58.3 Å². The lowest BCUT2D eigenvalue weighted by Gasteiger charge is -2.30. The first-order chi connectivity index (χ1) is 7.40. The highest BCUT2D eigenvalue weighted by molar-refractivity contribution is 4.83. The summed E-state index contributed by atoms with van der Waals surface area (Å²) in [6.45, 7) is 9.13. The molecule has 0 aliphatic rings. The summed E-state index contributed by atoms with van der Waals surface area (Å²) in [5.41, 5.74) is -0.385. The molecule has 4 heteroatoms. The Kier molecular flexibility index (Phi) is 7.93. The van der Waals surface area contributed by atoms with E-state index >= 15 is 0 Å². The van der Waals surface area contributed by atoms with E-state index in [-0.39, 0.29) is 5.54 Å². The minimum atomic E-state index is -0.519. The Morgan fingerprint density at radius 2 is 1.94 bits per heavy atom. The largest absolute Gasteiger partial charge is 0.392 e. The van der Waals surface area contributed by atoms with Crippen LogP contribution in [0.2, 0.25) is 0 Å². The molecule has 0 aliphatic heterocycles. The predicted octanol–water partition coefficient (Wildman–Crippen LogP) is 0.913. The van der Waals surface area contributed by atoms with Gasteiger partial charge in [-0.3, -0.25) is 0 Å². The van der Waals surface area contributed by atoms with Crippen LogP contribution < -0.4 is 5.32 Å². The highest BCUT2D eigenvalue weighted by atomic mass is 16.5. The molecule has 0 radical (unpaired) electrons. The Morgan fingerprint density at radius 1 is 1.31 bits per heavy atom. The third-order valence-electron chi connectivity index (χ3n) is 2.79. The number of hydrogen-bond donors (Lipinski definition) is 3. The van der Waals surface area contributed by atoms with Crippen LogP contribution >= 0.6 is 0 Å². The van der Waals surface area contributed by atoms with Gasteiger partial charge in [0.15, 0.2) is 0 Å². The van der Waals surface area contributed by atoms with Gasteiger partial charge in [-0.15, -0.1) is 0 Å². The molecule has 0 heterocycles. The highest BCUT2D eigenvalue weighted by Gasteiger charge is 2.23. The van der Waals surface area contributed by atoms with Crippen LogP contribution in [-0.2, 0) is 4.74 Å². The zero-order valence-electron chi connectivity index (χ0n) is 11.0. The lowest BCUT2D eigenvalue weighted by molar-refractivity contribution is 0.0240. The van der Waals surface area contributed by atoms with E-state index in [0.29, 0.717) is 19.8 Å². The number of aliphatic hydroxyl groups is 2. The molecule has 0 fully saturated rings. The van der Waals surface area contributed by atoms with Crippen LogP contribution in [0.15, 0.2) is 0 Å². The van der Waals surface area contributed by atoms with Crippen molar-refractivity contribution in [3.8, 4) is 0 Å². The maximum absolute atomic E-state index is 9.62. The van der Waals surface area contributed by atoms with Crippen molar-refractivity contribution < 1.29 is 14.9 Å². The summed E-state index contributed by atoms with van der Waals surface area (Å²) in [5, 5.41) is 22.2. The van der Waals surface area contributed by atoms with E-state index in [0.717, 1.165) is 12.8 Å². The van der Waals surface area contributed by atoms with E-state index in [9.17, 15) is 10.2 Å². The predicted molar refractivity (Wildman–Crippen MR) is 65.5 cm³/mol. The van der Waals surface area contributed by atoms with E-state index < -0.39 is 12.2 Å². The summed E-state index contributed by atoms with van der Waals surface area (Å²) in [7, 11) is 0. The SMILES string of the molecule is CCCCOCC(O)CNC(C)(C)C(C)O. The molecule has 3 N–H and O–H groups in total. The molecule has 0 saturated carbocycles. The Labute approximate surface area is 99.0 Å². The fourth-order valence-electron chi connectivity index (χ4n) is 1.05. The molecular weight excluding hydrogens is 206 g/mol. The van der Waals surface area contributed by atoms with Crippen LogP contribution in [0.25, 0.3) is 0 Å². The second kappa shape index (κ2) is 8.01. The molecule has 0 aromatic rings. The number of hydrogen-bond acceptors (Lipinski definition) is 4. The third kappa shape index (κ3) is 7.17. The molecular formula is C12H27NO3. The van der Waals surface area contributed by atoms with Gasteiger partial charge in [0.1, 0.15) is 0 Å². The van der Waals surface area contributed by atoms with Gasteiger partial charge in [-0.25, -0.2) is 0 Å². The van der Waals surface area contributed by atoms with Crippen LogP contribution in [0.3, 0.4) is 0 Å². The van der Waals surface area contributed by atoms with Gasteiger partial charge in [0.05, 0.1) is 18.8 Å². The third-order valence-corrected chi connectivity index (χ3v) is 2.79. The number of aliphatic hydroxyl groups excluding tert-OH is 2. The quantitative estimate of drug-likeness (QED) is 0.518. The van der Waals surface area contributed by atoms with Gasteiger partial charge < -0.3 is 20.3 Å². The van der Waals surface area contributed by atoms with Crippen LogP contribution in [0.5, 0.6) is 0 Å². The Morgan fingerprint density at radius 3 is 2.44 bits per heavy atom. The van der Waals surface area contributed by atoms with Gasteiger partial charge in [-0.05, 0) is 27.2 Å². The monoisotopic (exact) mass is 233 g/mol. The van der Waals surface area contributed by atoms with Crippen molar-refractivity contribution in [3.63, 3.8) is 0 Å². The summed E-state index contributed by atoms with van der Waals surface area (Å²) < 4.78 is 5.31. The Balaban J connectivity index is 3.60. The summed E-state index contributed by atoms with van der Waals surface area (Å²) in [6.07, 6.45) is 1.15. The molecule has 0 saturated heterocycles.